The number of aliphatic hydroxyl groups excluding tert-OH is 1. The standard InChI is InChI=1S/C15H14Cl2O/c16-14-7-4-8-15(17)13(14)9-12(10-18)11-5-2-1-3-6-11/h1-8,12,18H,9-10H2. The molecule has 3 heteroatoms. The molecule has 0 aliphatic rings. The van der Waals surface area contributed by atoms with Crippen molar-refractivity contribution >= 4 is 23.2 Å². The first-order valence-corrected chi connectivity index (χ1v) is 6.56. The first-order valence-electron chi connectivity index (χ1n) is 5.81. The van der Waals surface area contributed by atoms with Gasteiger partial charge in [-0.25, -0.2) is 0 Å². The van der Waals surface area contributed by atoms with Crippen LogP contribution in [-0.4, -0.2) is 11.7 Å². The quantitative estimate of drug-likeness (QED) is 0.885. The van der Waals surface area contributed by atoms with Crippen LogP contribution in [0.15, 0.2) is 48.5 Å². The second-order valence-corrected chi connectivity index (χ2v) is 5.01. The maximum absolute atomic E-state index is 9.54. The van der Waals surface area contributed by atoms with Crippen molar-refractivity contribution in [3.63, 3.8) is 0 Å². The first kappa shape index (κ1) is 13.4. The van der Waals surface area contributed by atoms with Crippen molar-refractivity contribution in [2.24, 2.45) is 0 Å². The summed E-state index contributed by atoms with van der Waals surface area (Å²) in [4.78, 5) is 0. The predicted octanol–water partition coefficient (Wildman–Crippen LogP) is 4.31. The van der Waals surface area contributed by atoms with E-state index in [0.717, 1.165) is 11.1 Å². The zero-order chi connectivity index (χ0) is 13.0. The summed E-state index contributed by atoms with van der Waals surface area (Å²) in [6, 6.07) is 15.4. The molecule has 0 aliphatic heterocycles. The Morgan fingerprint density at radius 2 is 1.50 bits per heavy atom. The minimum Gasteiger partial charge on any atom is -0.396 e. The largest absolute Gasteiger partial charge is 0.396 e. The van der Waals surface area contributed by atoms with Crippen LogP contribution in [0.5, 0.6) is 0 Å². The molecule has 0 saturated carbocycles. The van der Waals surface area contributed by atoms with Crippen LogP contribution in [0.3, 0.4) is 0 Å². The molecule has 18 heavy (non-hydrogen) atoms. The Labute approximate surface area is 117 Å². The van der Waals surface area contributed by atoms with Gasteiger partial charge in [0.1, 0.15) is 0 Å². The number of benzene rings is 2. The van der Waals surface area contributed by atoms with Crippen LogP contribution in [0.2, 0.25) is 10.0 Å². The minimum absolute atomic E-state index is 0.0172. The Hall–Kier alpha value is -1.02. The topological polar surface area (TPSA) is 20.2 Å². The average molecular weight is 281 g/mol. The lowest BCUT2D eigenvalue weighted by Gasteiger charge is -2.16. The van der Waals surface area contributed by atoms with Crippen LogP contribution in [0.25, 0.3) is 0 Å². The summed E-state index contributed by atoms with van der Waals surface area (Å²) >= 11 is 12.3. The van der Waals surface area contributed by atoms with E-state index in [1.807, 2.05) is 48.5 Å². The molecule has 1 nitrogen and oxygen atoms in total. The second kappa shape index (κ2) is 6.24. The third-order valence-electron chi connectivity index (χ3n) is 3.00. The van der Waals surface area contributed by atoms with Gasteiger partial charge in [0.05, 0.1) is 6.61 Å². The lowest BCUT2D eigenvalue weighted by molar-refractivity contribution is 0.264. The highest BCUT2D eigenvalue weighted by atomic mass is 35.5. The smallest absolute Gasteiger partial charge is 0.0502 e. The fraction of sp³-hybridized carbons (Fsp3) is 0.200. The molecular weight excluding hydrogens is 267 g/mol. The summed E-state index contributed by atoms with van der Waals surface area (Å²) in [6.07, 6.45) is 0.638. The molecule has 94 valence electrons. The maximum atomic E-state index is 9.54. The normalized spacial score (nSPS) is 12.4. The number of rotatable bonds is 4. The molecule has 1 N–H and O–H groups in total. The minimum atomic E-state index is 0.0172. The molecule has 0 saturated heterocycles. The molecule has 0 bridgehead atoms. The molecule has 0 aliphatic carbocycles. The fourth-order valence-electron chi connectivity index (χ4n) is 1.99. The molecule has 0 fully saturated rings. The zero-order valence-corrected chi connectivity index (χ0v) is 11.3. The van der Waals surface area contributed by atoms with Crippen molar-refractivity contribution in [3.05, 3.63) is 69.7 Å². The maximum Gasteiger partial charge on any atom is 0.0502 e. The molecule has 2 aromatic rings. The molecule has 0 heterocycles. The van der Waals surface area contributed by atoms with Gasteiger partial charge < -0.3 is 5.11 Å². The summed E-state index contributed by atoms with van der Waals surface area (Å²) in [7, 11) is 0. The molecule has 2 rings (SSSR count). The summed E-state index contributed by atoms with van der Waals surface area (Å²) in [5.41, 5.74) is 1.99. The van der Waals surface area contributed by atoms with E-state index in [9.17, 15) is 5.11 Å². The number of hydrogen-bond acceptors (Lipinski definition) is 1. The van der Waals surface area contributed by atoms with Gasteiger partial charge in [-0.05, 0) is 29.7 Å². The predicted molar refractivity (Wildman–Crippen MR) is 76.4 cm³/mol. The van der Waals surface area contributed by atoms with Gasteiger partial charge in [0.2, 0.25) is 0 Å². The van der Waals surface area contributed by atoms with Crippen LogP contribution in [0.4, 0.5) is 0 Å². The van der Waals surface area contributed by atoms with Crippen LogP contribution in [-0.2, 0) is 6.42 Å². The van der Waals surface area contributed by atoms with E-state index in [2.05, 4.69) is 0 Å². The number of hydrogen-bond donors (Lipinski definition) is 1. The van der Waals surface area contributed by atoms with E-state index in [-0.39, 0.29) is 12.5 Å². The van der Waals surface area contributed by atoms with Crippen LogP contribution >= 0.6 is 23.2 Å². The lowest BCUT2D eigenvalue weighted by Crippen LogP contribution is -2.08. The van der Waals surface area contributed by atoms with Gasteiger partial charge in [-0.15, -0.1) is 0 Å². The van der Waals surface area contributed by atoms with Crippen molar-refractivity contribution in [1.29, 1.82) is 0 Å². The number of aliphatic hydroxyl groups is 1. The monoisotopic (exact) mass is 280 g/mol. The van der Waals surface area contributed by atoms with Crippen LogP contribution in [0.1, 0.15) is 17.0 Å². The SMILES string of the molecule is OCC(Cc1c(Cl)cccc1Cl)c1ccccc1. The average Bonchev–Trinajstić information content (AvgIpc) is 2.40. The molecule has 0 spiro atoms. The van der Waals surface area contributed by atoms with E-state index in [0.29, 0.717) is 16.5 Å². The van der Waals surface area contributed by atoms with Gasteiger partial charge in [0, 0.05) is 16.0 Å². The Morgan fingerprint density at radius 1 is 0.889 bits per heavy atom. The van der Waals surface area contributed by atoms with Gasteiger partial charge in [0.25, 0.3) is 0 Å². The summed E-state index contributed by atoms with van der Waals surface area (Å²) < 4.78 is 0. The van der Waals surface area contributed by atoms with Crippen molar-refractivity contribution in [2.75, 3.05) is 6.61 Å². The fourth-order valence-corrected chi connectivity index (χ4v) is 2.54. The molecule has 1 unspecified atom stereocenters. The van der Waals surface area contributed by atoms with Crippen molar-refractivity contribution in [2.45, 2.75) is 12.3 Å². The molecule has 0 aromatic heterocycles. The third-order valence-corrected chi connectivity index (χ3v) is 3.71. The van der Waals surface area contributed by atoms with E-state index in [1.165, 1.54) is 0 Å². The second-order valence-electron chi connectivity index (χ2n) is 4.19. The summed E-state index contributed by atoms with van der Waals surface area (Å²) in [5.74, 6) is 0.0172. The van der Waals surface area contributed by atoms with Crippen LogP contribution < -0.4 is 0 Å². The van der Waals surface area contributed by atoms with Gasteiger partial charge in [-0.2, -0.15) is 0 Å². The molecule has 0 amide bonds. The van der Waals surface area contributed by atoms with Crippen molar-refractivity contribution < 1.29 is 5.11 Å². The van der Waals surface area contributed by atoms with E-state index < -0.39 is 0 Å². The third kappa shape index (κ3) is 3.05. The molecule has 0 radical (unpaired) electrons. The highest BCUT2D eigenvalue weighted by molar-refractivity contribution is 6.36. The van der Waals surface area contributed by atoms with Gasteiger partial charge in [-0.3, -0.25) is 0 Å². The molecule has 2 aromatic carbocycles. The Kier molecular flexibility index (Phi) is 4.65. The Balaban J connectivity index is 2.26. The Bertz CT molecular complexity index is 491. The van der Waals surface area contributed by atoms with Crippen LogP contribution in [0, 0.1) is 0 Å². The van der Waals surface area contributed by atoms with E-state index >= 15 is 0 Å². The highest BCUT2D eigenvalue weighted by Gasteiger charge is 2.15. The zero-order valence-electron chi connectivity index (χ0n) is 9.81. The van der Waals surface area contributed by atoms with E-state index in [4.69, 9.17) is 23.2 Å². The van der Waals surface area contributed by atoms with Crippen molar-refractivity contribution in [1.82, 2.24) is 0 Å². The number of halogens is 2. The van der Waals surface area contributed by atoms with Gasteiger partial charge in [0.15, 0.2) is 0 Å². The van der Waals surface area contributed by atoms with Gasteiger partial charge in [-0.1, -0.05) is 59.6 Å². The summed E-state index contributed by atoms with van der Waals surface area (Å²) in [6.45, 7) is 0.0750. The molecular formula is C15H14Cl2O. The van der Waals surface area contributed by atoms with Crippen molar-refractivity contribution in [3.8, 4) is 0 Å². The first-order chi connectivity index (χ1) is 8.72. The molecule has 1 atom stereocenters. The lowest BCUT2D eigenvalue weighted by atomic mass is 9.93. The highest BCUT2D eigenvalue weighted by Crippen LogP contribution is 2.30. The van der Waals surface area contributed by atoms with Gasteiger partial charge >= 0.3 is 0 Å². The summed E-state index contributed by atoms with van der Waals surface area (Å²) in [5, 5.41) is 10.8. The Morgan fingerprint density at radius 3 is 2.06 bits per heavy atom. The van der Waals surface area contributed by atoms with E-state index in [1.54, 1.807) is 0 Å².